The van der Waals surface area contributed by atoms with E-state index < -0.39 is 6.03 Å². The molecule has 1 aliphatic rings. The molecule has 162 valence electrons. The van der Waals surface area contributed by atoms with Gasteiger partial charge in [0.1, 0.15) is 0 Å². The number of pyridine rings is 1. The molecule has 0 atom stereocenters. The zero-order chi connectivity index (χ0) is 22.7. The summed E-state index contributed by atoms with van der Waals surface area (Å²) in [4.78, 5) is 43.0. The lowest BCUT2D eigenvalue weighted by atomic mass is 10.0. The number of aryl methyl sites for hydroxylation is 1. The van der Waals surface area contributed by atoms with E-state index in [0.717, 1.165) is 16.8 Å². The number of anilines is 3. The zero-order valence-electron chi connectivity index (χ0n) is 17.4. The summed E-state index contributed by atoms with van der Waals surface area (Å²) in [6, 6.07) is 7.88. The summed E-state index contributed by atoms with van der Waals surface area (Å²) in [7, 11) is 0. The van der Waals surface area contributed by atoms with E-state index in [9.17, 15) is 14.4 Å². The number of rotatable bonds is 6. The number of fused-ring (bicyclic) bond motifs is 1. The molecule has 9 nitrogen and oxygen atoms in total. The monoisotopic (exact) mass is 430 g/mol. The summed E-state index contributed by atoms with van der Waals surface area (Å²) < 4.78 is 0. The minimum atomic E-state index is -0.675. The molecular formula is C23H22N6O3. The van der Waals surface area contributed by atoms with Gasteiger partial charge in [0.05, 0.1) is 5.57 Å². The maximum atomic E-state index is 12.5. The summed E-state index contributed by atoms with van der Waals surface area (Å²) in [5, 5.41) is 8.17. The maximum Gasteiger partial charge on any atom is 0.316 e. The van der Waals surface area contributed by atoms with Crippen LogP contribution in [0.3, 0.4) is 0 Å². The lowest BCUT2D eigenvalue weighted by Gasteiger charge is -2.05. The summed E-state index contributed by atoms with van der Waals surface area (Å²) >= 11 is 0. The molecule has 1 aliphatic heterocycles. The number of nitrogens with two attached hydrogens (primary N) is 1. The largest absolute Gasteiger partial charge is 0.361 e. The Kier molecular flexibility index (Phi) is 5.71. The predicted molar refractivity (Wildman–Crippen MR) is 123 cm³/mol. The van der Waals surface area contributed by atoms with Gasteiger partial charge in [0.2, 0.25) is 5.91 Å². The van der Waals surface area contributed by atoms with Crippen LogP contribution in [0, 0.1) is 6.92 Å². The van der Waals surface area contributed by atoms with E-state index in [2.05, 4.69) is 25.9 Å². The topological polar surface area (TPSA) is 142 Å². The van der Waals surface area contributed by atoms with E-state index in [1.54, 1.807) is 48.8 Å². The lowest BCUT2D eigenvalue weighted by molar-refractivity contribution is -0.116. The Morgan fingerprint density at radius 2 is 1.91 bits per heavy atom. The fourth-order valence-corrected chi connectivity index (χ4v) is 3.57. The Morgan fingerprint density at radius 1 is 1.12 bits per heavy atom. The molecule has 0 spiro atoms. The number of hydrogen-bond acceptors (Lipinski definition) is 4. The number of hydrogen-bond donors (Lipinski definition) is 5. The number of carbonyl (C=O) groups excluding carboxylic acids is 3. The fourth-order valence-electron chi connectivity index (χ4n) is 3.57. The zero-order valence-corrected chi connectivity index (χ0v) is 17.4. The average Bonchev–Trinajstić information content (AvgIpc) is 3.26. The van der Waals surface area contributed by atoms with Crippen molar-refractivity contribution in [1.82, 2.24) is 9.97 Å². The Morgan fingerprint density at radius 3 is 2.66 bits per heavy atom. The number of carbonyl (C=O) groups is 3. The Bertz CT molecular complexity index is 1230. The first-order valence-electron chi connectivity index (χ1n) is 10.0. The third-order valence-corrected chi connectivity index (χ3v) is 5.23. The summed E-state index contributed by atoms with van der Waals surface area (Å²) in [6.07, 6.45) is 7.73. The van der Waals surface area contributed by atoms with Crippen molar-refractivity contribution in [3.05, 3.63) is 71.3 Å². The number of nitrogens with one attached hydrogen (secondary N) is 4. The third kappa shape index (κ3) is 4.51. The minimum absolute atomic E-state index is 0.0877. The van der Waals surface area contributed by atoms with Crippen LogP contribution in [0.1, 0.15) is 28.8 Å². The van der Waals surface area contributed by atoms with Crippen molar-refractivity contribution in [3.8, 4) is 0 Å². The van der Waals surface area contributed by atoms with E-state index in [1.165, 1.54) is 0 Å². The van der Waals surface area contributed by atoms with E-state index in [-0.39, 0.29) is 11.8 Å². The van der Waals surface area contributed by atoms with Crippen LogP contribution in [0.5, 0.6) is 0 Å². The van der Waals surface area contributed by atoms with Crippen LogP contribution in [0.15, 0.2) is 48.9 Å². The van der Waals surface area contributed by atoms with E-state index in [4.69, 9.17) is 5.73 Å². The van der Waals surface area contributed by atoms with Crippen molar-refractivity contribution < 1.29 is 14.4 Å². The highest BCUT2D eigenvalue weighted by Gasteiger charge is 2.25. The predicted octanol–water partition coefficient (Wildman–Crippen LogP) is 3.27. The van der Waals surface area contributed by atoms with Crippen LogP contribution in [0.4, 0.5) is 21.9 Å². The van der Waals surface area contributed by atoms with Crippen LogP contribution in [-0.4, -0.2) is 27.8 Å². The first kappa shape index (κ1) is 20.9. The molecule has 0 saturated carbocycles. The fraction of sp³-hybridized carbons (Fsp3) is 0.130. The quantitative estimate of drug-likeness (QED) is 0.383. The number of nitrogens with zero attached hydrogens (tertiary/aromatic N) is 1. The molecule has 9 heteroatoms. The van der Waals surface area contributed by atoms with Crippen LogP contribution in [-0.2, 0) is 16.0 Å². The normalized spacial score (nSPS) is 13.5. The molecule has 0 bridgehead atoms. The van der Waals surface area contributed by atoms with Gasteiger partial charge in [-0.25, -0.2) is 4.79 Å². The van der Waals surface area contributed by atoms with Gasteiger partial charge < -0.3 is 26.7 Å². The van der Waals surface area contributed by atoms with Crippen LogP contribution >= 0.6 is 0 Å². The summed E-state index contributed by atoms with van der Waals surface area (Å²) in [6.45, 7) is 1.94. The van der Waals surface area contributed by atoms with Crippen molar-refractivity contribution in [3.63, 3.8) is 0 Å². The van der Waals surface area contributed by atoms with Gasteiger partial charge in [-0.1, -0.05) is 0 Å². The lowest BCUT2D eigenvalue weighted by Crippen LogP contribution is -2.19. The second-order valence-electron chi connectivity index (χ2n) is 7.40. The van der Waals surface area contributed by atoms with Gasteiger partial charge in [0.15, 0.2) is 0 Å². The molecule has 32 heavy (non-hydrogen) atoms. The standard InChI is InChI=1S/C23H22N6O3/c1-13-14(2-5-21(30)27-15-6-8-25-9-7-15)12-26-20(13)11-18-17-10-16(28-23(24)32)3-4-19(17)29-22(18)31/h3-4,6-12,26H,2,5H2,1H3,(H,29,31)(H3,24,28,32)(H,25,27,30). The molecule has 6 N–H and O–H groups in total. The molecular weight excluding hydrogens is 408 g/mol. The van der Waals surface area contributed by atoms with Crippen molar-refractivity contribution in [2.24, 2.45) is 5.73 Å². The molecule has 4 amide bonds. The second-order valence-corrected chi connectivity index (χ2v) is 7.40. The average molecular weight is 430 g/mol. The number of amides is 4. The van der Waals surface area contributed by atoms with Crippen molar-refractivity contribution in [2.45, 2.75) is 19.8 Å². The summed E-state index contributed by atoms with van der Waals surface area (Å²) in [5.74, 6) is -0.321. The van der Waals surface area contributed by atoms with E-state index in [1.807, 2.05) is 13.1 Å². The van der Waals surface area contributed by atoms with Gasteiger partial charge in [0.25, 0.3) is 5.91 Å². The molecule has 0 saturated heterocycles. The molecule has 1 aromatic carbocycles. The van der Waals surface area contributed by atoms with Gasteiger partial charge in [0, 0.05) is 53.3 Å². The first-order valence-corrected chi connectivity index (χ1v) is 10.0. The highest BCUT2D eigenvalue weighted by molar-refractivity contribution is 6.35. The molecule has 0 unspecified atom stereocenters. The molecule has 3 aromatic rings. The number of aromatic nitrogens is 2. The van der Waals surface area contributed by atoms with E-state index >= 15 is 0 Å². The van der Waals surface area contributed by atoms with Crippen molar-refractivity contribution in [1.29, 1.82) is 0 Å². The van der Waals surface area contributed by atoms with E-state index in [0.29, 0.717) is 41.0 Å². The van der Waals surface area contributed by atoms with Gasteiger partial charge in [-0.2, -0.15) is 0 Å². The van der Waals surface area contributed by atoms with Crippen LogP contribution in [0.2, 0.25) is 0 Å². The number of aromatic amines is 1. The van der Waals surface area contributed by atoms with Crippen molar-refractivity contribution >= 4 is 46.6 Å². The molecule has 0 fully saturated rings. The molecule has 4 rings (SSSR count). The highest BCUT2D eigenvalue weighted by Crippen LogP contribution is 2.35. The minimum Gasteiger partial charge on any atom is -0.361 e. The molecule has 3 heterocycles. The highest BCUT2D eigenvalue weighted by atomic mass is 16.2. The SMILES string of the molecule is Cc1c(CCC(=O)Nc2ccncc2)c[nH]c1C=C1C(=O)Nc2ccc(NC(N)=O)cc21. The molecule has 0 aliphatic carbocycles. The summed E-state index contributed by atoms with van der Waals surface area (Å²) in [5.41, 5.74) is 10.9. The second kappa shape index (κ2) is 8.76. The van der Waals surface area contributed by atoms with Gasteiger partial charge in [-0.3, -0.25) is 14.6 Å². The number of H-pyrrole nitrogens is 1. The number of urea groups is 1. The van der Waals surface area contributed by atoms with Crippen LogP contribution in [0.25, 0.3) is 11.6 Å². The Hall–Kier alpha value is -4.40. The number of primary amides is 1. The maximum absolute atomic E-state index is 12.5. The Labute approximate surface area is 184 Å². The number of benzene rings is 1. The molecule has 0 radical (unpaired) electrons. The van der Waals surface area contributed by atoms with Gasteiger partial charge >= 0.3 is 6.03 Å². The Balaban J connectivity index is 1.49. The smallest absolute Gasteiger partial charge is 0.316 e. The molecule has 2 aromatic heterocycles. The van der Waals surface area contributed by atoms with Gasteiger partial charge in [-0.05, 0) is 60.9 Å². The van der Waals surface area contributed by atoms with Gasteiger partial charge in [-0.15, -0.1) is 0 Å². The third-order valence-electron chi connectivity index (χ3n) is 5.23. The first-order chi connectivity index (χ1) is 15.4. The van der Waals surface area contributed by atoms with Crippen molar-refractivity contribution in [2.75, 3.05) is 16.0 Å². The van der Waals surface area contributed by atoms with Crippen LogP contribution < -0.4 is 21.7 Å².